The summed E-state index contributed by atoms with van der Waals surface area (Å²) in [6.45, 7) is 6.53. The molecule has 3 heterocycles. The average molecular weight is 392 g/mol. The zero-order valence-corrected chi connectivity index (χ0v) is 17.2. The lowest BCUT2D eigenvalue weighted by molar-refractivity contribution is -0.127. The first kappa shape index (κ1) is 19.5. The number of hydrogen-bond donors (Lipinski definition) is 0. The van der Waals surface area contributed by atoms with Gasteiger partial charge in [0.15, 0.2) is 0 Å². The number of piperidine rings is 1. The number of rotatable bonds is 4. The molecule has 0 unspecified atom stereocenters. The van der Waals surface area contributed by atoms with E-state index < -0.39 is 0 Å². The third-order valence-electron chi connectivity index (χ3n) is 6.22. The Morgan fingerprint density at radius 2 is 1.90 bits per heavy atom. The predicted molar refractivity (Wildman–Crippen MR) is 112 cm³/mol. The van der Waals surface area contributed by atoms with E-state index in [9.17, 15) is 9.59 Å². The summed E-state index contributed by atoms with van der Waals surface area (Å²) in [7, 11) is 0. The summed E-state index contributed by atoms with van der Waals surface area (Å²) < 4.78 is 5.51. The summed E-state index contributed by atoms with van der Waals surface area (Å²) >= 11 is 0. The van der Waals surface area contributed by atoms with Gasteiger partial charge >= 0.3 is 0 Å². The molecule has 0 radical (unpaired) electrons. The van der Waals surface area contributed by atoms with E-state index in [1.165, 1.54) is 0 Å². The molecule has 4 rings (SSSR count). The molecule has 0 bridgehead atoms. The van der Waals surface area contributed by atoms with Crippen molar-refractivity contribution in [3.05, 3.63) is 65.1 Å². The molecule has 1 aromatic carbocycles. The SMILES string of the molecule is Cc1cc(C(=O)N2CCC3(CC2)CC(=O)N(CC=Cc2ccccc2)C3)c(C)o1. The summed E-state index contributed by atoms with van der Waals surface area (Å²) in [6, 6.07) is 12.0. The lowest BCUT2D eigenvalue weighted by atomic mass is 9.77. The van der Waals surface area contributed by atoms with Crippen molar-refractivity contribution in [1.29, 1.82) is 0 Å². The van der Waals surface area contributed by atoms with E-state index >= 15 is 0 Å². The van der Waals surface area contributed by atoms with E-state index in [1.807, 2.05) is 47.9 Å². The van der Waals surface area contributed by atoms with Crippen LogP contribution in [0.4, 0.5) is 0 Å². The Balaban J connectivity index is 1.34. The Bertz CT molecular complexity index is 921. The second-order valence-electron chi connectivity index (χ2n) is 8.38. The van der Waals surface area contributed by atoms with E-state index in [0.717, 1.165) is 30.7 Å². The van der Waals surface area contributed by atoms with E-state index in [4.69, 9.17) is 4.42 Å². The van der Waals surface area contributed by atoms with Crippen molar-refractivity contribution in [2.24, 2.45) is 5.41 Å². The minimum Gasteiger partial charge on any atom is -0.466 e. The van der Waals surface area contributed by atoms with Crippen LogP contribution in [0.15, 0.2) is 46.9 Å². The first-order chi connectivity index (χ1) is 14.0. The van der Waals surface area contributed by atoms with Gasteiger partial charge in [0.05, 0.1) is 5.56 Å². The van der Waals surface area contributed by atoms with Crippen molar-refractivity contribution in [1.82, 2.24) is 9.80 Å². The van der Waals surface area contributed by atoms with Gasteiger partial charge in [0, 0.05) is 38.0 Å². The maximum atomic E-state index is 12.8. The number of likely N-dealkylation sites (tertiary alicyclic amines) is 2. The summed E-state index contributed by atoms with van der Waals surface area (Å²) in [4.78, 5) is 29.3. The zero-order valence-electron chi connectivity index (χ0n) is 17.2. The Morgan fingerprint density at radius 3 is 2.55 bits per heavy atom. The number of nitrogens with zero attached hydrogens (tertiary/aromatic N) is 2. The Morgan fingerprint density at radius 1 is 1.17 bits per heavy atom. The highest BCUT2D eigenvalue weighted by molar-refractivity contribution is 5.95. The van der Waals surface area contributed by atoms with Crippen LogP contribution in [0.5, 0.6) is 0 Å². The minimum absolute atomic E-state index is 0.00973. The van der Waals surface area contributed by atoms with Crippen LogP contribution in [0, 0.1) is 19.3 Å². The predicted octanol–water partition coefficient (Wildman–Crippen LogP) is 4.06. The molecular weight excluding hydrogens is 364 g/mol. The molecule has 2 saturated heterocycles. The van der Waals surface area contributed by atoms with Crippen molar-refractivity contribution in [3.8, 4) is 0 Å². The van der Waals surface area contributed by atoms with Gasteiger partial charge in [0.2, 0.25) is 5.91 Å². The fourth-order valence-corrected chi connectivity index (χ4v) is 4.56. The van der Waals surface area contributed by atoms with Crippen molar-refractivity contribution >= 4 is 17.9 Å². The van der Waals surface area contributed by atoms with Crippen molar-refractivity contribution < 1.29 is 14.0 Å². The third-order valence-corrected chi connectivity index (χ3v) is 6.22. The lowest BCUT2D eigenvalue weighted by Crippen LogP contribution is -2.44. The van der Waals surface area contributed by atoms with Gasteiger partial charge in [-0.3, -0.25) is 9.59 Å². The first-order valence-electron chi connectivity index (χ1n) is 10.3. The molecule has 2 amide bonds. The van der Waals surface area contributed by atoms with Gasteiger partial charge < -0.3 is 14.2 Å². The largest absolute Gasteiger partial charge is 0.466 e. The van der Waals surface area contributed by atoms with Gasteiger partial charge in [-0.1, -0.05) is 42.5 Å². The molecule has 0 N–H and O–H groups in total. The topological polar surface area (TPSA) is 53.8 Å². The molecule has 2 fully saturated rings. The van der Waals surface area contributed by atoms with Crippen LogP contribution in [0.2, 0.25) is 0 Å². The molecule has 152 valence electrons. The molecule has 5 heteroatoms. The van der Waals surface area contributed by atoms with Crippen LogP contribution in [0.3, 0.4) is 0 Å². The molecule has 0 saturated carbocycles. The van der Waals surface area contributed by atoms with Crippen molar-refractivity contribution in [2.75, 3.05) is 26.2 Å². The summed E-state index contributed by atoms with van der Waals surface area (Å²) in [5, 5.41) is 0. The zero-order chi connectivity index (χ0) is 20.4. The quantitative estimate of drug-likeness (QED) is 0.788. The molecule has 29 heavy (non-hydrogen) atoms. The van der Waals surface area contributed by atoms with Gasteiger partial charge in [-0.15, -0.1) is 0 Å². The average Bonchev–Trinajstić information content (AvgIpc) is 3.21. The molecule has 2 aliphatic heterocycles. The monoisotopic (exact) mass is 392 g/mol. The number of amides is 2. The number of benzene rings is 1. The van der Waals surface area contributed by atoms with Crippen molar-refractivity contribution in [3.63, 3.8) is 0 Å². The van der Waals surface area contributed by atoms with Gasteiger partial charge in [0.1, 0.15) is 11.5 Å². The molecule has 5 nitrogen and oxygen atoms in total. The van der Waals surface area contributed by atoms with Gasteiger partial charge in [0.25, 0.3) is 5.91 Å². The van der Waals surface area contributed by atoms with E-state index in [-0.39, 0.29) is 17.2 Å². The second kappa shape index (κ2) is 7.90. The Hall–Kier alpha value is -2.82. The normalized spacial score (nSPS) is 18.9. The molecule has 1 spiro atoms. The number of carbonyl (C=O) groups is 2. The fourth-order valence-electron chi connectivity index (χ4n) is 4.56. The van der Waals surface area contributed by atoms with Crippen LogP contribution in [0.1, 0.15) is 46.7 Å². The smallest absolute Gasteiger partial charge is 0.257 e. The number of aryl methyl sites for hydroxylation is 2. The highest BCUT2D eigenvalue weighted by atomic mass is 16.3. The van der Waals surface area contributed by atoms with E-state index in [1.54, 1.807) is 0 Å². The maximum absolute atomic E-state index is 12.8. The molecule has 0 aliphatic carbocycles. The molecule has 0 atom stereocenters. The van der Waals surface area contributed by atoms with Gasteiger partial charge in [-0.05, 0) is 38.3 Å². The number of furan rings is 1. The summed E-state index contributed by atoms with van der Waals surface area (Å²) in [5.74, 6) is 1.71. The first-order valence-corrected chi connectivity index (χ1v) is 10.3. The molecule has 2 aliphatic rings. The summed E-state index contributed by atoms with van der Waals surface area (Å²) in [5.41, 5.74) is 1.81. The molecule has 2 aromatic rings. The second-order valence-corrected chi connectivity index (χ2v) is 8.38. The van der Waals surface area contributed by atoms with Crippen molar-refractivity contribution in [2.45, 2.75) is 33.1 Å². The van der Waals surface area contributed by atoms with Crippen LogP contribution in [0.25, 0.3) is 6.08 Å². The third kappa shape index (κ3) is 4.14. The number of hydrogen-bond acceptors (Lipinski definition) is 3. The van der Waals surface area contributed by atoms with Crippen LogP contribution < -0.4 is 0 Å². The Labute approximate surface area is 172 Å². The minimum atomic E-state index is 0.00973. The Kier molecular flexibility index (Phi) is 5.31. The van der Waals surface area contributed by atoms with Gasteiger partial charge in [-0.25, -0.2) is 0 Å². The molecule has 1 aromatic heterocycles. The summed E-state index contributed by atoms with van der Waals surface area (Å²) in [6.07, 6.45) is 6.47. The van der Waals surface area contributed by atoms with Gasteiger partial charge in [-0.2, -0.15) is 0 Å². The van der Waals surface area contributed by atoms with E-state index in [0.29, 0.717) is 37.4 Å². The standard InChI is InChI=1S/C24H28N2O3/c1-18-15-21(19(2)29-18)23(28)25-13-10-24(11-14-25)16-22(27)26(17-24)12-6-9-20-7-4-3-5-8-20/h3-9,15H,10-14,16-17H2,1-2H3. The lowest BCUT2D eigenvalue weighted by Gasteiger charge is -2.38. The van der Waals surface area contributed by atoms with Crippen LogP contribution in [-0.2, 0) is 4.79 Å². The van der Waals surface area contributed by atoms with Crippen LogP contribution in [-0.4, -0.2) is 47.8 Å². The highest BCUT2D eigenvalue weighted by Crippen LogP contribution is 2.41. The fraction of sp³-hybridized carbons (Fsp3) is 0.417. The number of carbonyl (C=O) groups excluding carboxylic acids is 2. The van der Waals surface area contributed by atoms with E-state index in [2.05, 4.69) is 24.3 Å². The molecular formula is C24H28N2O3. The highest BCUT2D eigenvalue weighted by Gasteiger charge is 2.45. The maximum Gasteiger partial charge on any atom is 0.257 e. The van der Waals surface area contributed by atoms with Crippen LogP contribution >= 0.6 is 0 Å².